The van der Waals surface area contributed by atoms with Gasteiger partial charge in [-0.3, -0.25) is 0 Å². The average molecular weight is 813 g/mol. The van der Waals surface area contributed by atoms with Crippen LogP contribution in [0.5, 0.6) is 0 Å². The van der Waals surface area contributed by atoms with Crippen molar-refractivity contribution in [2.24, 2.45) is 0 Å². The van der Waals surface area contributed by atoms with Crippen molar-refractivity contribution in [3.8, 4) is 0 Å². The minimum atomic E-state index is 0. The summed E-state index contributed by atoms with van der Waals surface area (Å²) in [4.78, 5) is 0. The Morgan fingerprint density at radius 2 is 0.378 bits per heavy atom. The predicted octanol–water partition coefficient (Wildman–Crippen LogP) is 10.1. The first kappa shape index (κ1) is 52.0. The maximum atomic E-state index is 2.62. The molecular formula is C40H36Fe4Ge-12. The molecule has 0 aliphatic heterocycles. The van der Waals surface area contributed by atoms with Crippen LogP contribution in [-0.2, 0) is 68.3 Å². The summed E-state index contributed by atoms with van der Waals surface area (Å²) in [7, 11) is 0. The first-order valence-corrected chi connectivity index (χ1v) is 13.0. The molecule has 0 aliphatic rings. The summed E-state index contributed by atoms with van der Waals surface area (Å²) in [6.45, 7) is 0. The molecule has 0 nitrogen and oxygen atoms in total. The minimum absolute atomic E-state index is 0. The van der Waals surface area contributed by atoms with E-state index in [1.54, 1.807) is 6.07 Å². The molecule has 0 atom stereocenters. The van der Waals surface area contributed by atoms with Crippen LogP contribution in [0.4, 0.5) is 0 Å². The Morgan fingerprint density at radius 1 is 0.244 bits per heavy atom. The van der Waals surface area contributed by atoms with Crippen LogP contribution in [-0.4, -0.2) is 17.6 Å². The normalized spacial score (nSPS) is 7.11. The zero-order chi connectivity index (χ0) is 28.3. The molecule has 0 N–H and O–H groups in total. The van der Waals surface area contributed by atoms with Crippen molar-refractivity contribution in [2.45, 2.75) is 0 Å². The third-order valence-electron chi connectivity index (χ3n) is 4.24. The number of hydrogen-bond acceptors (Lipinski definition) is 0. The smallest absolute Gasteiger partial charge is 0 e. The monoisotopic (exact) mass is 814 g/mol. The van der Waals surface area contributed by atoms with Gasteiger partial charge in [0.25, 0.3) is 0 Å². The third-order valence-corrected chi connectivity index (χ3v) is 4.24. The van der Waals surface area contributed by atoms with Crippen molar-refractivity contribution < 1.29 is 68.3 Å². The van der Waals surface area contributed by atoms with Gasteiger partial charge in [-0.1, -0.05) is 0 Å². The van der Waals surface area contributed by atoms with Gasteiger partial charge in [0.05, 0.1) is 0 Å². The molecule has 0 saturated carbocycles. The Hall–Kier alpha value is -2.58. The molecule has 244 valence electrons. The summed E-state index contributed by atoms with van der Waals surface area (Å²) >= 11 is 0. The van der Waals surface area contributed by atoms with Gasteiger partial charge in [-0.05, 0) is 0 Å². The van der Waals surface area contributed by atoms with Crippen LogP contribution in [0.25, 0.3) is 0 Å². The summed E-state index contributed by atoms with van der Waals surface area (Å²) in [5.74, 6) is 0. The molecule has 5 heteroatoms. The Labute approximate surface area is 325 Å². The second kappa shape index (κ2) is 48.3. The van der Waals surface area contributed by atoms with E-state index in [-0.39, 0.29) is 85.9 Å². The number of hydrogen-bond donors (Lipinski definition) is 0. The van der Waals surface area contributed by atoms with Crippen LogP contribution in [0, 0.1) is 24.3 Å². The third kappa shape index (κ3) is 46.0. The van der Waals surface area contributed by atoms with Crippen molar-refractivity contribution in [3.05, 3.63) is 243 Å². The molecule has 4 radical (unpaired) electrons. The van der Waals surface area contributed by atoms with Crippen LogP contribution in [0.1, 0.15) is 0 Å². The zero-order valence-electron chi connectivity index (χ0n) is 24.7. The molecule has 8 aromatic rings. The summed E-state index contributed by atoms with van der Waals surface area (Å²) < 4.78 is 0. The van der Waals surface area contributed by atoms with E-state index in [2.05, 4.69) is 24.3 Å². The van der Waals surface area contributed by atoms with Crippen molar-refractivity contribution in [3.63, 3.8) is 0 Å². The average Bonchev–Trinajstić information content (AvgIpc) is 3.95. The molecule has 45 heavy (non-hydrogen) atoms. The topological polar surface area (TPSA) is 0 Å². The van der Waals surface area contributed by atoms with Crippen LogP contribution in [0.3, 0.4) is 0 Å². The molecule has 0 saturated heterocycles. The van der Waals surface area contributed by atoms with Gasteiger partial charge in [-0.2, -0.15) is 127 Å². The van der Waals surface area contributed by atoms with E-state index in [4.69, 9.17) is 0 Å². The Balaban J connectivity index is -0.000000133. The van der Waals surface area contributed by atoms with E-state index in [0.717, 1.165) is 0 Å². The summed E-state index contributed by atoms with van der Waals surface area (Å²) in [6, 6.07) is 82.0. The molecule has 0 aliphatic carbocycles. The fourth-order valence-electron chi connectivity index (χ4n) is 2.43. The fraction of sp³-hybridized carbons (Fsp3) is 0. The second-order valence-electron chi connectivity index (χ2n) is 7.42. The van der Waals surface area contributed by atoms with Crippen LogP contribution < -0.4 is 0 Å². The molecule has 0 spiro atoms. The number of rotatable bonds is 0. The van der Waals surface area contributed by atoms with E-state index in [1.807, 2.05) is 212 Å². The summed E-state index contributed by atoms with van der Waals surface area (Å²) in [5, 5.41) is 0. The maximum absolute atomic E-state index is 2.62. The maximum Gasteiger partial charge on any atom is 0 e. The van der Waals surface area contributed by atoms with E-state index in [1.165, 1.54) is 0 Å². The van der Waals surface area contributed by atoms with Crippen molar-refractivity contribution in [2.75, 3.05) is 0 Å². The van der Waals surface area contributed by atoms with E-state index in [9.17, 15) is 0 Å². The van der Waals surface area contributed by atoms with Gasteiger partial charge in [0, 0.05) is 85.9 Å². The first-order valence-electron chi connectivity index (χ1n) is 13.0. The van der Waals surface area contributed by atoms with Crippen molar-refractivity contribution in [1.29, 1.82) is 0 Å². The predicted molar refractivity (Wildman–Crippen MR) is 177 cm³/mol. The zero-order valence-corrected chi connectivity index (χ0v) is 31.2. The molecule has 0 bridgehead atoms. The van der Waals surface area contributed by atoms with Crippen LogP contribution >= 0.6 is 0 Å². The van der Waals surface area contributed by atoms with Crippen LogP contribution in [0.2, 0.25) is 0 Å². The summed E-state index contributed by atoms with van der Waals surface area (Å²) in [5.41, 5.74) is 0. The minimum Gasteiger partial charge on any atom is -0.999 e. The second-order valence-corrected chi connectivity index (χ2v) is 7.42. The van der Waals surface area contributed by atoms with Crippen molar-refractivity contribution >= 4 is 17.6 Å². The largest absolute Gasteiger partial charge is 0.999 e. The van der Waals surface area contributed by atoms with E-state index in [0.29, 0.717) is 0 Å². The Morgan fingerprint density at radius 3 is 0.422 bits per heavy atom. The van der Waals surface area contributed by atoms with E-state index >= 15 is 0 Å². The van der Waals surface area contributed by atoms with Gasteiger partial charge in [0.1, 0.15) is 0 Å². The Kier molecular flexibility index (Phi) is 55.8. The van der Waals surface area contributed by atoms with Gasteiger partial charge in [-0.25, -0.2) is 84.9 Å². The van der Waals surface area contributed by atoms with Gasteiger partial charge in [-0.15, -0.1) is 0 Å². The SMILES string of the molecule is [Fe].[Fe].[Fe].[Fe].[Ge].[c-]1[c-][c-][cH-][c-]1.c1cc[cH-]c1.c1cc[cH-]c1.c1cc[cH-]c1.c1cc[cH-]c1.c1cc[cH-]c1.c1cc[cH-]c1.c1cc[cH-]c1. The molecular weight excluding hydrogens is 776 g/mol. The molecule has 0 fully saturated rings. The van der Waals surface area contributed by atoms with Crippen LogP contribution in [0.15, 0.2) is 218 Å². The van der Waals surface area contributed by atoms with Gasteiger partial charge < -0.3 is 30.3 Å². The first-order chi connectivity index (χ1) is 20.0. The summed E-state index contributed by atoms with van der Waals surface area (Å²) in [6.07, 6.45) is 0. The quantitative estimate of drug-likeness (QED) is 0.106. The molecule has 0 amide bonds. The Bertz CT molecular complexity index is 793. The molecule has 0 unspecified atom stereocenters. The van der Waals surface area contributed by atoms with Gasteiger partial charge in [0.15, 0.2) is 0 Å². The van der Waals surface area contributed by atoms with E-state index < -0.39 is 0 Å². The van der Waals surface area contributed by atoms with Gasteiger partial charge >= 0.3 is 0 Å². The molecule has 0 aromatic heterocycles. The molecule has 0 heterocycles. The molecule has 8 aromatic carbocycles. The van der Waals surface area contributed by atoms with Gasteiger partial charge in [0.2, 0.25) is 0 Å². The molecule has 8 rings (SSSR count). The van der Waals surface area contributed by atoms with Crippen molar-refractivity contribution in [1.82, 2.24) is 0 Å². The standard InChI is InChI=1S/7C5H5.C5H.4Fe.Ge/c8*1-2-4-5-3-1;;;;;/h7*1-5H;1H;;;;;/q7*-1;-5;;;;;. The fourth-order valence-corrected chi connectivity index (χ4v) is 2.43.